The molecule has 1 aliphatic heterocycles. The van der Waals surface area contributed by atoms with Crippen LogP contribution >= 0.6 is 43.6 Å². The topological polar surface area (TPSA) is 12.0 Å². The minimum absolute atomic E-state index is 0.382. The molecule has 0 radical (unpaired) electrons. The Morgan fingerprint density at radius 2 is 1.95 bits per heavy atom. The van der Waals surface area contributed by atoms with E-state index in [0.717, 1.165) is 26.1 Å². The number of fused-ring (bicyclic) bond motifs is 1. The van der Waals surface area contributed by atoms with Gasteiger partial charge in [-0.25, -0.2) is 0 Å². The predicted octanol–water partition coefficient (Wildman–Crippen LogP) is 5.61. The molecule has 1 aliphatic rings. The summed E-state index contributed by atoms with van der Waals surface area (Å²) in [7, 11) is 0. The fourth-order valence-electron chi connectivity index (χ4n) is 2.30. The van der Waals surface area contributed by atoms with Crippen molar-refractivity contribution >= 4 is 49.3 Å². The van der Waals surface area contributed by atoms with Gasteiger partial charge in [-0.3, -0.25) is 0 Å². The van der Waals surface area contributed by atoms with Crippen LogP contribution in [0.15, 0.2) is 51.4 Å². The summed E-state index contributed by atoms with van der Waals surface area (Å²) in [6.45, 7) is 0. The molecule has 0 amide bonds. The van der Waals surface area contributed by atoms with E-state index in [9.17, 15) is 0 Å². The summed E-state index contributed by atoms with van der Waals surface area (Å²) in [4.78, 5) is 0. The Bertz CT molecular complexity index is 600. The summed E-state index contributed by atoms with van der Waals surface area (Å²) in [5.74, 6) is 2.23. The third-order valence-corrected chi connectivity index (χ3v) is 5.47. The molecule has 2 aromatic rings. The average molecular weight is 399 g/mol. The molecule has 1 atom stereocenters. The molecule has 0 spiro atoms. The molecule has 1 unspecified atom stereocenters. The summed E-state index contributed by atoms with van der Waals surface area (Å²) in [6.07, 6.45) is 0. The van der Waals surface area contributed by atoms with Gasteiger partial charge in [0.25, 0.3) is 0 Å². The third kappa shape index (κ3) is 3.01. The number of nitrogens with one attached hydrogen (secondary N) is 1. The Morgan fingerprint density at radius 1 is 1.11 bits per heavy atom. The molecule has 0 fully saturated rings. The third-order valence-electron chi connectivity index (χ3n) is 3.23. The number of hydrogen-bond donors (Lipinski definition) is 1. The normalized spacial score (nSPS) is 17.9. The summed E-state index contributed by atoms with van der Waals surface area (Å²) in [5.41, 5.74) is 4.02. The van der Waals surface area contributed by atoms with E-state index in [1.807, 2.05) is 11.8 Å². The van der Waals surface area contributed by atoms with Crippen LogP contribution in [-0.2, 0) is 5.75 Å². The van der Waals surface area contributed by atoms with Crippen LogP contribution in [0.2, 0.25) is 0 Å². The second-order valence-corrected chi connectivity index (χ2v) is 7.34. The van der Waals surface area contributed by atoms with Gasteiger partial charge in [0.2, 0.25) is 0 Å². The van der Waals surface area contributed by atoms with Crippen LogP contribution in [0.1, 0.15) is 17.2 Å². The van der Waals surface area contributed by atoms with Gasteiger partial charge in [-0.05, 0) is 45.3 Å². The molecule has 1 heterocycles. The lowest BCUT2D eigenvalue weighted by molar-refractivity contribution is 0.870. The van der Waals surface area contributed by atoms with E-state index >= 15 is 0 Å². The van der Waals surface area contributed by atoms with Gasteiger partial charge in [0.15, 0.2) is 0 Å². The zero-order valence-electron chi connectivity index (χ0n) is 10.2. The standard InChI is InChI=1S/C15H13Br2NS/c16-11-5-6-14(13(17)7-11)18-15-9-19-8-10-3-1-2-4-12(10)15/h1-7,15,18H,8-9H2. The summed E-state index contributed by atoms with van der Waals surface area (Å²) >= 11 is 9.09. The second-order valence-electron chi connectivity index (χ2n) is 4.54. The quantitative estimate of drug-likeness (QED) is 0.705. The molecule has 4 heteroatoms. The van der Waals surface area contributed by atoms with Gasteiger partial charge in [-0.2, -0.15) is 11.8 Å². The van der Waals surface area contributed by atoms with Gasteiger partial charge in [-0.1, -0.05) is 40.2 Å². The van der Waals surface area contributed by atoms with E-state index in [1.165, 1.54) is 11.1 Å². The average Bonchev–Trinajstić information content (AvgIpc) is 2.42. The van der Waals surface area contributed by atoms with E-state index < -0.39 is 0 Å². The molecular weight excluding hydrogens is 386 g/mol. The van der Waals surface area contributed by atoms with Crippen LogP contribution in [0.3, 0.4) is 0 Å². The molecule has 0 aromatic heterocycles. The van der Waals surface area contributed by atoms with Crippen molar-refractivity contribution in [1.82, 2.24) is 0 Å². The highest BCUT2D eigenvalue weighted by Crippen LogP contribution is 2.36. The molecule has 19 heavy (non-hydrogen) atoms. The lowest BCUT2D eigenvalue weighted by Gasteiger charge is -2.27. The predicted molar refractivity (Wildman–Crippen MR) is 90.8 cm³/mol. The molecule has 2 aromatic carbocycles. The van der Waals surface area contributed by atoms with Crippen molar-refractivity contribution in [1.29, 1.82) is 0 Å². The molecule has 3 rings (SSSR count). The van der Waals surface area contributed by atoms with Crippen molar-refractivity contribution in [2.75, 3.05) is 11.1 Å². The van der Waals surface area contributed by atoms with Crippen molar-refractivity contribution in [2.45, 2.75) is 11.8 Å². The van der Waals surface area contributed by atoms with E-state index in [2.05, 4.69) is 79.6 Å². The van der Waals surface area contributed by atoms with E-state index in [-0.39, 0.29) is 0 Å². The first-order valence-corrected chi connectivity index (χ1v) is 8.85. The Balaban J connectivity index is 1.88. The largest absolute Gasteiger partial charge is 0.376 e. The maximum Gasteiger partial charge on any atom is 0.0607 e. The van der Waals surface area contributed by atoms with Gasteiger partial charge in [0, 0.05) is 26.1 Å². The summed E-state index contributed by atoms with van der Waals surface area (Å²) in [6, 6.07) is 15.3. The highest BCUT2D eigenvalue weighted by atomic mass is 79.9. The van der Waals surface area contributed by atoms with Crippen molar-refractivity contribution in [3.05, 3.63) is 62.5 Å². The molecule has 0 bridgehead atoms. The van der Waals surface area contributed by atoms with Gasteiger partial charge >= 0.3 is 0 Å². The molecule has 1 N–H and O–H groups in total. The van der Waals surface area contributed by atoms with Crippen molar-refractivity contribution in [2.24, 2.45) is 0 Å². The first-order chi connectivity index (χ1) is 9.24. The molecule has 0 saturated carbocycles. The SMILES string of the molecule is Brc1ccc(NC2CSCc3ccccc32)c(Br)c1. The molecular formula is C15H13Br2NS. The molecule has 1 nitrogen and oxygen atoms in total. The zero-order chi connectivity index (χ0) is 13.2. The highest BCUT2D eigenvalue weighted by molar-refractivity contribution is 9.11. The summed E-state index contributed by atoms with van der Waals surface area (Å²) < 4.78 is 2.18. The van der Waals surface area contributed by atoms with Crippen molar-refractivity contribution in [3.63, 3.8) is 0 Å². The number of hydrogen-bond acceptors (Lipinski definition) is 2. The Kier molecular flexibility index (Phi) is 4.20. The zero-order valence-corrected chi connectivity index (χ0v) is 14.2. The maximum absolute atomic E-state index is 3.64. The second kappa shape index (κ2) is 5.90. The number of benzene rings is 2. The maximum atomic E-state index is 3.64. The van der Waals surface area contributed by atoms with Gasteiger partial charge < -0.3 is 5.32 Å². The van der Waals surface area contributed by atoms with Crippen molar-refractivity contribution in [3.8, 4) is 0 Å². The first-order valence-electron chi connectivity index (χ1n) is 6.11. The fourth-order valence-corrected chi connectivity index (χ4v) is 4.56. The van der Waals surface area contributed by atoms with Gasteiger partial charge in [0.05, 0.1) is 6.04 Å². The number of rotatable bonds is 2. The van der Waals surface area contributed by atoms with Crippen LogP contribution < -0.4 is 5.32 Å². The fraction of sp³-hybridized carbons (Fsp3) is 0.200. The van der Waals surface area contributed by atoms with Gasteiger partial charge in [0.1, 0.15) is 0 Å². The molecule has 0 saturated heterocycles. The van der Waals surface area contributed by atoms with E-state index in [1.54, 1.807) is 0 Å². The van der Waals surface area contributed by atoms with Crippen LogP contribution in [0.25, 0.3) is 0 Å². The Labute approximate surface area is 134 Å². The van der Waals surface area contributed by atoms with Gasteiger partial charge in [-0.15, -0.1) is 0 Å². The number of anilines is 1. The van der Waals surface area contributed by atoms with Crippen LogP contribution in [0, 0.1) is 0 Å². The Morgan fingerprint density at radius 3 is 2.79 bits per heavy atom. The minimum Gasteiger partial charge on any atom is -0.376 e. The minimum atomic E-state index is 0.382. The van der Waals surface area contributed by atoms with E-state index in [4.69, 9.17) is 0 Å². The van der Waals surface area contributed by atoms with Crippen LogP contribution in [0.4, 0.5) is 5.69 Å². The molecule has 98 valence electrons. The monoisotopic (exact) mass is 397 g/mol. The highest BCUT2D eigenvalue weighted by Gasteiger charge is 2.20. The Hall–Kier alpha value is -0.450. The van der Waals surface area contributed by atoms with Crippen LogP contribution in [-0.4, -0.2) is 5.75 Å². The molecule has 0 aliphatic carbocycles. The van der Waals surface area contributed by atoms with E-state index in [0.29, 0.717) is 6.04 Å². The number of halogens is 2. The van der Waals surface area contributed by atoms with Crippen molar-refractivity contribution < 1.29 is 0 Å². The van der Waals surface area contributed by atoms with Crippen LogP contribution in [0.5, 0.6) is 0 Å². The smallest absolute Gasteiger partial charge is 0.0607 e. The number of thioether (sulfide) groups is 1. The lowest BCUT2D eigenvalue weighted by Crippen LogP contribution is -2.18. The summed E-state index contributed by atoms with van der Waals surface area (Å²) in [5, 5.41) is 3.64. The first kappa shape index (κ1) is 13.5. The lowest BCUT2D eigenvalue weighted by atomic mass is 10.0.